The minimum absolute atomic E-state index is 0.659. The molecule has 0 amide bonds. The van der Waals surface area contributed by atoms with E-state index in [0.29, 0.717) is 6.04 Å². The Bertz CT molecular complexity index is 393. The van der Waals surface area contributed by atoms with Gasteiger partial charge >= 0.3 is 0 Å². The zero-order chi connectivity index (χ0) is 11.1. The molecule has 0 bridgehead atoms. The summed E-state index contributed by atoms with van der Waals surface area (Å²) in [6.45, 7) is 2.21. The number of aromatic nitrogens is 2. The van der Waals surface area contributed by atoms with Crippen LogP contribution in [0.15, 0.2) is 4.60 Å². The highest BCUT2D eigenvalue weighted by Crippen LogP contribution is 2.34. The van der Waals surface area contributed by atoms with Gasteiger partial charge in [0.15, 0.2) is 0 Å². The van der Waals surface area contributed by atoms with Crippen LogP contribution in [0.3, 0.4) is 0 Å². The van der Waals surface area contributed by atoms with Crippen LogP contribution in [0.1, 0.15) is 43.0 Å². The first-order chi connectivity index (χ1) is 7.75. The Labute approximate surface area is 105 Å². The Morgan fingerprint density at radius 1 is 1.31 bits per heavy atom. The van der Waals surface area contributed by atoms with Crippen molar-refractivity contribution in [3.63, 3.8) is 0 Å². The van der Waals surface area contributed by atoms with Crippen molar-refractivity contribution in [2.75, 3.05) is 13.6 Å². The van der Waals surface area contributed by atoms with E-state index in [1.165, 1.54) is 36.9 Å². The molecule has 0 spiro atoms. The van der Waals surface area contributed by atoms with E-state index in [1.54, 1.807) is 0 Å². The van der Waals surface area contributed by atoms with Gasteiger partial charge in [-0.1, -0.05) is 12.8 Å². The summed E-state index contributed by atoms with van der Waals surface area (Å²) in [7, 11) is 2.20. The summed E-state index contributed by atoms with van der Waals surface area (Å²) in [6, 6.07) is 0.659. The van der Waals surface area contributed by atoms with Gasteiger partial charge in [-0.3, -0.25) is 4.68 Å². The number of hydrogen-bond donors (Lipinski definition) is 0. The Hall–Kier alpha value is -0.350. The van der Waals surface area contributed by atoms with Gasteiger partial charge in [-0.15, -0.1) is 0 Å². The van der Waals surface area contributed by atoms with E-state index < -0.39 is 0 Å². The third kappa shape index (κ3) is 1.72. The fourth-order valence-electron chi connectivity index (χ4n) is 2.98. The van der Waals surface area contributed by atoms with Crippen molar-refractivity contribution in [1.29, 1.82) is 0 Å². The maximum atomic E-state index is 4.72. The summed E-state index contributed by atoms with van der Waals surface area (Å²) in [5, 5.41) is 4.72. The standard InChI is InChI=1S/C12H18BrN3/c1-15-7-6-10-11(8-15)16(14-12(10)13)9-4-2-3-5-9/h9H,2-8H2,1H3. The van der Waals surface area contributed by atoms with E-state index in [1.807, 2.05) is 0 Å². The van der Waals surface area contributed by atoms with Gasteiger partial charge in [-0.2, -0.15) is 5.10 Å². The molecule has 3 nitrogen and oxygen atoms in total. The quantitative estimate of drug-likeness (QED) is 0.790. The molecule has 4 heteroatoms. The lowest BCUT2D eigenvalue weighted by atomic mass is 10.1. The Kier molecular flexibility index (Phi) is 2.80. The molecule has 0 radical (unpaired) electrons. The lowest BCUT2D eigenvalue weighted by molar-refractivity contribution is 0.292. The van der Waals surface area contributed by atoms with Gasteiger partial charge in [0, 0.05) is 18.7 Å². The van der Waals surface area contributed by atoms with Crippen LogP contribution in [0, 0.1) is 0 Å². The van der Waals surface area contributed by atoms with Crippen molar-refractivity contribution < 1.29 is 0 Å². The van der Waals surface area contributed by atoms with Gasteiger partial charge < -0.3 is 4.90 Å². The van der Waals surface area contributed by atoms with Crippen LogP contribution in [-0.4, -0.2) is 28.3 Å². The molecule has 1 saturated carbocycles. The second-order valence-corrected chi connectivity index (χ2v) is 5.84. The molecule has 88 valence electrons. The number of rotatable bonds is 1. The van der Waals surface area contributed by atoms with E-state index in [4.69, 9.17) is 5.10 Å². The summed E-state index contributed by atoms with van der Waals surface area (Å²) < 4.78 is 3.39. The first-order valence-electron chi connectivity index (χ1n) is 6.20. The fourth-order valence-corrected chi connectivity index (χ4v) is 3.57. The SMILES string of the molecule is CN1CCc2c(Br)nn(C3CCCC3)c2C1. The molecule has 1 aromatic heterocycles. The molecular weight excluding hydrogens is 266 g/mol. The Morgan fingerprint density at radius 2 is 2.06 bits per heavy atom. The summed E-state index contributed by atoms with van der Waals surface area (Å²) in [6.07, 6.45) is 6.49. The predicted molar refractivity (Wildman–Crippen MR) is 67.5 cm³/mol. The second kappa shape index (κ2) is 4.15. The van der Waals surface area contributed by atoms with Gasteiger partial charge in [0.25, 0.3) is 0 Å². The van der Waals surface area contributed by atoms with E-state index in [-0.39, 0.29) is 0 Å². The molecule has 16 heavy (non-hydrogen) atoms. The molecule has 2 heterocycles. The molecule has 1 fully saturated rings. The molecule has 0 atom stereocenters. The Morgan fingerprint density at radius 3 is 2.81 bits per heavy atom. The lowest BCUT2D eigenvalue weighted by Gasteiger charge is -2.25. The van der Waals surface area contributed by atoms with Gasteiger partial charge in [-0.25, -0.2) is 0 Å². The second-order valence-electron chi connectivity index (χ2n) is 5.09. The summed E-state index contributed by atoms with van der Waals surface area (Å²) in [4.78, 5) is 2.39. The van der Waals surface area contributed by atoms with Crippen molar-refractivity contribution >= 4 is 15.9 Å². The van der Waals surface area contributed by atoms with Crippen LogP contribution in [0.4, 0.5) is 0 Å². The van der Waals surface area contributed by atoms with Gasteiger partial charge in [0.05, 0.1) is 11.7 Å². The van der Waals surface area contributed by atoms with Crippen LogP contribution >= 0.6 is 15.9 Å². The normalized spacial score (nSPS) is 22.6. The molecule has 3 rings (SSSR count). The van der Waals surface area contributed by atoms with Crippen molar-refractivity contribution in [1.82, 2.24) is 14.7 Å². The van der Waals surface area contributed by atoms with E-state index in [2.05, 4.69) is 32.6 Å². The topological polar surface area (TPSA) is 21.1 Å². The molecule has 0 saturated heterocycles. The monoisotopic (exact) mass is 283 g/mol. The minimum atomic E-state index is 0.659. The lowest BCUT2D eigenvalue weighted by Crippen LogP contribution is -2.28. The number of halogens is 1. The molecule has 0 unspecified atom stereocenters. The molecule has 1 aliphatic carbocycles. The third-order valence-corrected chi connectivity index (χ3v) is 4.54. The van der Waals surface area contributed by atoms with Crippen molar-refractivity contribution in [2.24, 2.45) is 0 Å². The van der Waals surface area contributed by atoms with Crippen molar-refractivity contribution in [3.8, 4) is 0 Å². The highest BCUT2D eigenvalue weighted by molar-refractivity contribution is 9.10. The van der Waals surface area contributed by atoms with Gasteiger partial charge in [-0.05, 0) is 42.2 Å². The average molecular weight is 284 g/mol. The van der Waals surface area contributed by atoms with Crippen LogP contribution in [0.25, 0.3) is 0 Å². The molecule has 0 N–H and O–H groups in total. The van der Waals surface area contributed by atoms with Gasteiger partial charge in [0.2, 0.25) is 0 Å². The number of nitrogens with zero attached hydrogens (tertiary/aromatic N) is 3. The molecule has 2 aliphatic rings. The third-order valence-electron chi connectivity index (χ3n) is 3.90. The van der Waals surface area contributed by atoms with E-state index in [0.717, 1.165) is 24.1 Å². The Balaban J connectivity index is 1.98. The van der Waals surface area contributed by atoms with Crippen molar-refractivity contribution in [2.45, 2.75) is 44.7 Å². The summed E-state index contributed by atoms with van der Waals surface area (Å²) in [5.41, 5.74) is 2.90. The first-order valence-corrected chi connectivity index (χ1v) is 6.99. The van der Waals surface area contributed by atoms with Crippen molar-refractivity contribution in [3.05, 3.63) is 15.9 Å². The van der Waals surface area contributed by atoms with Gasteiger partial charge in [0.1, 0.15) is 4.60 Å². The van der Waals surface area contributed by atoms with E-state index >= 15 is 0 Å². The first kappa shape index (κ1) is 10.8. The minimum Gasteiger partial charge on any atom is -0.300 e. The maximum absolute atomic E-state index is 4.72. The number of fused-ring (bicyclic) bond motifs is 1. The van der Waals surface area contributed by atoms with Crippen LogP contribution in [0.5, 0.6) is 0 Å². The zero-order valence-electron chi connectivity index (χ0n) is 9.75. The smallest absolute Gasteiger partial charge is 0.131 e. The summed E-state index contributed by atoms with van der Waals surface area (Å²) >= 11 is 3.62. The maximum Gasteiger partial charge on any atom is 0.131 e. The molecule has 0 aromatic carbocycles. The molecule has 1 aromatic rings. The number of hydrogen-bond acceptors (Lipinski definition) is 2. The number of likely N-dealkylation sites (N-methyl/N-ethyl adjacent to an activating group) is 1. The molecular formula is C12H18BrN3. The summed E-state index contributed by atoms with van der Waals surface area (Å²) in [5.74, 6) is 0. The van der Waals surface area contributed by atoms with E-state index in [9.17, 15) is 0 Å². The highest BCUT2D eigenvalue weighted by atomic mass is 79.9. The zero-order valence-corrected chi connectivity index (χ0v) is 11.3. The van der Waals surface area contributed by atoms with Crippen LogP contribution in [0.2, 0.25) is 0 Å². The molecule has 1 aliphatic heterocycles. The fraction of sp³-hybridized carbons (Fsp3) is 0.750. The highest BCUT2D eigenvalue weighted by Gasteiger charge is 2.27. The van der Waals surface area contributed by atoms with Crippen LogP contribution in [-0.2, 0) is 13.0 Å². The largest absolute Gasteiger partial charge is 0.300 e. The predicted octanol–water partition coefficient (Wildman–Crippen LogP) is 2.75. The van der Waals surface area contributed by atoms with Crippen LogP contribution < -0.4 is 0 Å². The average Bonchev–Trinajstić information content (AvgIpc) is 2.86.